The Kier molecular flexibility index (Phi) is 3.06. The lowest BCUT2D eigenvalue weighted by Crippen LogP contribution is -2.61. The molecule has 1 aromatic heterocycles. The van der Waals surface area contributed by atoms with Crippen LogP contribution in [0.2, 0.25) is 0 Å². The normalized spacial score (nSPS) is 27.1. The molecular formula is C16H20N4O2. The molecule has 2 aliphatic rings. The van der Waals surface area contributed by atoms with Crippen LogP contribution < -0.4 is 4.90 Å². The molecule has 2 bridgehead atoms. The molecule has 1 N–H and O–H groups in total. The second kappa shape index (κ2) is 4.60. The van der Waals surface area contributed by atoms with Crippen LogP contribution in [0.4, 0.5) is 10.6 Å². The molecule has 2 fully saturated rings. The van der Waals surface area contributed by atoms with Gasteiger partial charge in [-0.25, -0.2) is 9.78 Å². The largest absolute Gasteiger partial charge is 0.465 e. The smallest absolute Gasteiger partial charge is 0.407 e. The fourth-order valence-electron chi connectivity index (χ4n) is 3.82. The number of carbonyl (C=O) groups is 1. The van der Waals surface area contributed by atoms with E-state index in [9.17, 15) is 9.90 Å². The number of piperazine rings is 1. The van der Waals surface area contributed by atoms with Crippen molar-refractivity contribution in [1.29, 1.82) is 5.26 Å². The molecule has 116 valence electrons. The Labute approximate surface area is 130 Å². The van der Waals surface area contributed by atoms with Gasteiger partial charge >= 0.3 is 6.09 Å². The van der Waals surface area contributed by atoms with Crippen molar-refractivity contribution in [3.05, 3.63) is 23.9 Å². The van der Waals surface area contributed by atoms with Crippen LogP contribution in [0.5, 0.6) is 0 Å². The molecule has 2 atom stereocenters. The maximum absolute atomic E-state index is 11.6. The number of aromatic nitrogens is 1. The van der Waals surface area contributed by atoms with Gasteiger partial charge in [0.1, 0.15) is 11.9 Å². The third-order valence-electron chi connectivity index (χ3n) is 5.15. The van der Waals surface area contributed by atoms with Crippen molar-refractivity contribution in [2.75, 3.05) is 18.0 Å². The number of nitrogens with zero attached hydrogens (tertiary/aromatic N) is 4. The van der Waals surface area contributed by atoms with Crippen LogP contribution in [0.1, 0.15) is 32.8 Å². The molecule has 2 aliphatic heterocycles. The highest BCUT2D eigenvalue weighted by Crippen LogP contribution is 2.51. The Hall–Kier alpha value is -2.29. The second-order valence-electron chi connectivity index (χ2n) is 7.18. The monoisotopic (exact) mass is 300 g/mol. The summed E-state index contributed by atoms with van der Waals surface area (Å²) in [7, 11) is 0. The lowest BCUT2D eigenvalue weighted by atomic mass is 9.73. The summed E-state index contributed by atoms with van der Waals surface area (Å²) < 4.78 is 0. The molecule has 1 amide bonds. The van der Waals surface area contributed by atoms with Crippen molar-refractivity contribution >= 4 is 11.9 Å². The summed E-state index contributed by atoms with van der Waals surface area (Å²) in [4.78, 5) is 19.8. The molecule has 0 aromatic carbocycles. The van der Waals surface area contributed by atoms with Crippen molar-refractivity contribution in [2.24, 2.45) is 5.41 Å². The van der Waals surface area contributed by atoms with Gasteiger partial charge in [-0.2, -0.15) is 5.26 Å². The minimum atomic E-state index is -0.843. The van der Waals surface area contributed by atoms with Crippen molar-refractivity contribution < 1.29 is 9.90 Å². The predicted octanol–water partition coefficient (Wildman–Crippen LogP) is 2.31. The van der Waals surface area contributed by atoms with Crippen LogP contribution in [0.3, 0.4) is 0 Å². The van der Waals surface area contributed by atoms with Gasteiger partial charge in [0.2, 0.25) is 0 Å². The van der Waals surface area contributed by atoms with Gasteiger partial charge in [0.25, 0.3) is 0 Å². The lowest BCUT2D eigenvalue weighted by molar-refractivity contribution is 0.0362. The van der Waals surface area contributed by atoms with Crippen LogP contribution in [0, 0.1) is 16.7 Å². The number of carboxylic acid groups (broad SMARTS) is 1. The van der Waals surface area contributed by atoms with Crippen molar-refractivity contribution in [3.63, 3.8) is 0 Å². The number of fused-ring (bicyclic) bond motifs is 2. The third-order valence-corrected chi connectivity index (χ3v) is 5.15. The summed E-state index contributed by atoms with van der Waals surface area (Å²) >= 11 is 0. The second-order valence-corrected chi connectivity index (χ2v) is 7.18. The molecule has 1 aromatic rings. The zero-order valence-electron chi connectivity index (χ0n) is 13.1. The number of anilines is 1. The zero-order chi connectivity index (χ0) is 16.1. The molecule has 6 nitrogen and oxygen atoms in total. The van der Waals surface area contributed by atoms with Gasteiger partial charge in [0.15, 0.2) is 0 Å². The molecule has 0 radical (unpaired) electrons. The van der Waals surface area contributed by atoms with Crippen molar-refractivity contribution in [1.82, 2.24) is 9.88 Å². The molecule has 0 spiro atoms. The lowest BCUT2D eigenvalue weighted by Gasteiger charge is -2.48. The Bertz CT molecular complexity index is 644. The molecule has 0 saturated carbocycles. The van der Waals surface area contributed by atoms with Crippen molar-refractivity contribution in [3.8, 4) is 6.07 Å². The van der Waals surface area contributed by atoms with E-state index in [0.29, 0.717) is 18.7 Å². The summed E-state index contributed by atoms with van der Waals surface area (Å²) in [5.41, 5.74) is -0.00795. The highest BCUT2D eigenvalue weighted by molar-refractivity contribution is 5.69. The first-order valence-corrected chi connectivity index (χ1v) is 7.42. The molecule has 22 heavy (non-hydrogen) atoms. The molecule has 6 heteroatoms. The zero-order valence-corrected chi connectivity index (χ0v) is 13.1. The number of hydrogen-bond acceptors (Lipinski definition) is 4. The van der Waals surface area contributed by atoms with Gasteiger partial charge < -0.3 is 10.0 Å². The fraction of sp³-hybridized carbons (Fsp3) is 0.562. The first kappa shape index (κ1) is 14.6. The number of likely N-dealkylation sites (tertiary alicyclic amines) is 1. The van der Waals surface area contributed by atoms with Crippen molar-refractivity contribution in [2.45, 2.75) is 38.8 Å². The van der Waals surface area contributed by atoms with Gasteiger partial charge in [-0.15, -0.1) is 0 Å². The quantitative estimate of drug-likeness (QED) is 0.860. The van der Waals surface area contributed by atoms with Gasteiger partial charge in [-0.3, -0.25) is 4.90 Å². The van der Waals surface area contributed by atoms with E-state index in [4.69, 9.17) is 5.26 Å². The van der Waals surface area contributed by atoms with E-state index in [1.807, 2.05) is 6.07 Å². The molecule has 0 unspecified atom stereocenters. The molecule has 3 heterocycles. The highest BCUT2D eigenvalue weighted by atomic mass is 16.4. The SMILES string of the molecule is CC(C)(C)[C@]12C[C@@H](CN1C(=O)O)N(c1ccc(C#N)cn1)C2. The van der Waals surface area contributed by atoms with Gasteiger partial charge in [0.05, 0.1) is 17.1 Å². The first-order chi connectivity index (χ1) is 10.3. The van der Waals surface area contributed by atoms with Crippen LogP contribution in [-0.2, 0) is 0 Å². The van der Waals surface area contributed by atoms with E-state index in [1.54, 1.807) is 17.2 Å². The number of rotatable bonds is 1. The van der Waals surface area contributed by atoms with Gasteiger partial charge in [-0.1, -0.05) is 20.8 Å². The van der Waals surface area contributed by atoms with Gasteiger partial charge in [-0.05, 0) is 24.0 Å². The van der Waals surface area contributed by atoms with Crippen LogP contribution in [-0.4, -0.2) is 45.8 Å². The van der Waals surface area contributed by atoms with Gasteiger partial charge in [0, 0.05) is 19.3 Å². The maximum atomic E-state index is 11.6. The number of amides is 1. The van der Waals surface area contributed by atoms with E-state index in [0.717, 1.165) is 12.2 Å². The fourth-order valence-corrected chi connectivity index (χ4v) is 3.82. The van der Waals surface area contributed by atoms with E-state index in [2.05, 4.69) is 36.7 Å². The standard InChI is InChI=1S/C16H20N4O2/c1-15(2,3)16-6-12(9-20(16)14(21)22)19(10-16)13-5-4-11(7-17)8-18-13/h4-5,8,12H,6,9-10H2,1-3H3,(H,21,22)/t12-,16+/m0/s1. The number of hydrogen-bond donors (Lipinski definition) is 1. The number of nitriles is 1. The Morgan fingerprint density at radius 2 is 2.23 bits per heavy atom. The van der Waals surface area contributed by atoms with Crippen LogP contribution in [0.15, 0.2) is 18.3 Å². The maximum Gasteiger partial charge on any atom is 0.407 e. The summed E-state index contributed by atoms with van der Waals surface area (Å²) in [5.74, 6) is 0.820. The van der Waals surface area contributed by atoms with E-state index >= 15 is 0 Å². The predicted molar refractivity (Wildman–Crippen MR) is 81.6 cm³/mol. The minimum Gasteiger partial charge on any atom is -0.465 e. The summed E-state index contributed by atoms with van der Waals surface area (Å²) in [5, 5.41) is 18.4. The topological polar surface area (TPSA) is 80.5 Å². The Morgan fingerprint density at radius 1 is 1.50 bits per heavy atom. The number of pyridine rings is 1. The summed E-state index contributed by atoms with van der Waals surface area (Å²) in [6, 6.07) is 5.82. The molecule has 3 rings (SSSR count). The third kappa shape index (κ3) is 1.92. The Morgan fingerprint density at radius 3 is 2.73 bits per heavy atom. The molecule has 0 aliphatic carbocycles. The van der Waals surface area contributed by atoms with Crippen LogP contribution >= 0.6 is 0 Å². The average molecular weight is 300 g/mol. The molecule has 2 saturated heterocycles. The van der Waals surface area contributed by atoms with Crippen LogP contribution in [0.25, 0.3) is 0 Å². The summed E-state index contributed by atoms with van der Waals surface area (Å²) in [6.45, 7) is 7.45. The summed E-state index contributed by atoms with van der Waals surface area (Å²) in [6.07, 6.45) is 1.55. The van der Waals surface area contributed by atoms with E-state index in [1.165, 1.54) is 0 Å². The van der Waals surface area contributed by atoms with E-state index < -0.39 is 6.09 Å². The highest BCUT2D eigenvalue weighted by Gasteiger charge is 2.62. The van der Waals surface area contributed by atoms with E-state index in [-0.39, 0.29) is 17.0 Å². The average Bonchev–Trinajstić information content (AvgIpc) is 3.04. The Balaban J connectivity index is 1.94. The minimum absolute atomic E-state index is 0.149. The first-order valence-electron chi connectivity index (χ1n) is 7.42. The molecular weight excluding hydrogens is 280 g/mol.